The van der Waals surface area contributed by atoms with Crippen LogP contribution in [0.4, 0.5) is 0 Å². The van der Waals surface area contributed by atoms with E-state index in [1.807, 2.05) is 0 Å². The molecule has 6 nitrogen and oxygen atoms in total. The number of carbonyl (C=O) groups excluding carboxylic acids is 1. The number of aliphatic carboxylic acids is 1. The summed E-state index contributed by atoms with van der Waals surface area (Å²) in [6.07, 6.45) is 1.00. The van der Waals surface area contributed by atoms with Gasteiger partial charge in [-0.05, 0) is 24.7 Å². The smallest absolute Gasteiger partial charge is 0.326 e. The summed E-state index contributed by atoms with van der Waals surface area (Å²) in [5, 5.41) is 21.2. The van der Waals surface area contributed by atoms with E-state index in [-0.39, 0.29) is 5.92 Å². The molecule has 0 aliphatic rings. The topological polar surface area (TPSA) is 113 Å². The highest BCUT2D eigenvalue weighted by molar-refractivity contribution is 5.86. The van der Waals surface area contributed by atoms with Crippen LogP contribution in [0, 0.1) is 11.8 Å². The Morgan fingerprint density at radius 1 is 1.20 bits per heavy atom. The van der Waals surface area contributed by atoms with Crippen LogP contribution < -0.4 is 11.1 Å². The molecule has 0 heterocycles. The molecule has 0 saturated heterocycles. The van der Waals surface area contributed by atoms with Crippen molar-refractivity contribution in [2.45, 2.75) is 65.1 Å². The minimum absolute atomic E-state index is 0.264. The van der Waals surface area contributed by atoms with E-state index in [4.69, 9.17) is 10.8 Å². The van der Waals surface area contributed by atoms with E-state index < -0.39 is 30.1 Å². The van der Waals surface area contributed by atoms with Crippen LogP contribution in [-0.4, -0.2) is 40.3 Å². The average Bonchev–Trinajstić information content (AvgIpc) is 2.39. The first-order valence-electron chi connectivity index (χ1n) is 7.17. The van der Waals surface area contributed by atoms with Crippen LogP contribution in [0.5, 0.6) is 0 Å². The zero-order valence-electron chi connectivity index (χ0n) is 12.8. The third-order valence-corrected chi connectivity index (χ3v) is 3.59. The van der Waals surface area contributed by atoms with Gasteiger partial charge in [0.05, 0.1) is 0 Å². The summed E-state index contributed by atoms with van der Waals surface area (Å²) in [6, 6.07) is -1.69. The molecule has 4 atom stereocenters. The van der Waals surface area contributed by atoms with Crippen molar-refractivity contribution < 1.29 is 19.8 Å². The molecular weight excluding hydrogens is 260 g/mol. The van der Waals surface area contributed by atoms with Crippen molar-refractivity contribution in [1.29, 1.82) is 0 Å². The number of hydrogen-bond donors (Lipinski definition) is 4. The van der Waals surface area contributed by atoms with E-state index >= 15 is 0 Å². The fourth-order valence-corrected chi connectivity index (χ4v) is 1.79. The van der Waals surface area contributed by atoms with Gasteiger partial charge in [0.15, 0.2) is 0 Å². The van der Waals surface area contributed by atoms with Gasteiger partial charge in [0.25, 0.3) is 5.91 Å². The minimum Gasteiger partial charge on any atom is -0.480 e. The van der Waals surface area contributed by atoms with E-state index in [0.717, 1.165) is 12.8 Å². The first kappa shape index (κ1) is 18.9. The Balaban J connectivity index is 4.42. The van der Waals surface area contributed by atoms with Crippen molar-refractivity contribution >= 4 is 11.9 Å². The van der Waals surface area contributed by atoms with Crippen LogP contribution in [0.1, 0.15) is 47.0 Å². The molecular formula is C14H28N2O4. The Bertz CT molecular complexity index is 320. The monoisotopic (exact) mass is 288 g/mol. The number of nitrogens with two attached hydrogens (primary N) is 1. The maximum Gasteiger partial charge on any atom is 0.326 e. The molecule has 0 spiro atoms. The van der Waals surface area contributed by atoms with E-state index in [1.54, 1.807) is 13.8 Å². The number of carbonyl (C=O) groups is 2. The number of carboxylic acids is 1. The summed E-state index contributed by atoms with van der Waals surface area (Å²) < 4.78 is 0. The largest absolute Gasteiger partial charge is 0.480 e. The van der Waals surface area contributed by atoms with Gasteiger partial charge in [-0.3, -0.25) is 4.79 Å². The fraction of sp³-hybridized carbons (Fsp3) is 0.857. The lowest BCUT2D eigenvalue weighted by Gasteiger charge is -2.23. The Labute approximate surface area is 120 Å². The second kappa shape index (κ2) is 8.92. The van der Waals surface area contributed by atoms with E-state index in [2.05, 4.69) is 19.2 Å². The van der Waals surface area contributed by atoms with Crippen molar-refractivity contribution in [2.75, 3.05) is 0 Å². The molecule has 0 fully saturated rings. The van der Waals surface area contributed by atoms with Crippen molar-refractivity contribution in [2.24, 2.45) is 17.6 Å². The standard InChI is InChI=1S/C14H28N2O4/c1-5-9(4)6-7-10(15)12(17)13(18)16-11(8(2)3)14(19)20/h8-12,17H,5-7,15H2,1-4H3,(H,16,18)(H,19,20)/t9?,10-,11+,12+/m1/s1. The number of hydrogen-bond acceptors (Lipinski definition) is 4. The van der Waals surface area contributed by atoms with Gasteiger partial charge in [0, 0.05) is 6.04 Å². The molecule has 0 rings (SSSR count). The van der Waals surface area contributed by atoms with Crippen LogP contribution in [0.15, 0.2) is 0 Å². The highest BCUT2D eigenvalue weighted by Gasteiger charge is 2.29. The van der Waals surface area contributed by atoms with Gasteiger partial charge in [0.1, 0.15) is 12.1 Å². The summed E-state index contributed by atoms with van der Waals surface area (Å²) in [5.74, 6) is -1.62. The fourth-order valence-electron chi connectivity index (χ4n) is 1.79. The highest BCUT2D eigenvalue weighted by atomic mass is 16.4. The predicted molar refractivity (Wildman–Crippen MR) is 77.1 cm³/mol. The second-order valence-electron chi connectivity index (χ2n) is 5.77. The number of aliphatic hydroxyl groups is 1. The highest BCUT2D eigenvalue weighted by Crippen LogP contribution is 2.12. The molecule has 118 valence electrons. The van der Waals surface area contributed by atoms with Gasteiger partial charge < -0.3 is 21.3 Å². The molecule has 0 radical (unpaired) electrons. The van der Waals surface area contributed by atoms with Crippen LogP contribution >= 0.6 is 0 Å². The van der Waals surface area contributed by atoms with Crippen molar-refractivity contribution in [1.82, 2.24) is 5.32 Å². The van der Waals surface area contributed by atoms with Crippen LogP contribution in [0.25, 0.3) is 0 Å². The maximum absolute atomic E-state index is 11.8. The molecule has 0 aromatic rings. The molecule has 20 heavy (non-hydrogen) atoms. The minimum atomic E-state index is -1.38. The average molecular weight is 288 g/mol. The molecule has 1 amide bonds. The van der Waals surface area contributed by atoms with Crippen molar-refractivity contribution in [3.63, 3.8) is 0 Å². The van der Waals surface area contributed by atoms with Crippen molar-refractivity contribution in [3.8, 4) is 0 Å². The lowest BCUT2D eigenvalue weighted by atomic mass is 9.96. The van der Waals surface area contributed by atoms with Crippen LogP contribution in [0.3, 0.4) is 0 Å². The summed E-state index contributed by atoms with van der Waals surface area (Å²) in [6.45, 7) is 7.53. The number of aliphatic hydroxyl groups excluding tert-OH is 1. The third kappa shape index (κ3) is 6.34. The lowest BCUT2D eigenvalue weighted by molar-refractivity contribution is -0.145. The summed E-state index contributed by atoms with van der Waals surface area (Å²) in [4.78, 5) is 22.8. The number of nitrogens with one attached hydrogen (secondary N) is 1. The predicted octanol–water partition coefficient (Wildman–Crippen LogP) is 0.726. The second-order valence-corrected chi connectivity index (χ2v) is 5.77. The maximum atomic E-state index is 11.8. The van der Waals surface area contributed by atoms with Gasteiger partial charge in [-0.15, -0.1) is 0 Å². The molecule has 0 aromatic carbocycles. The van der Waals surface area contributed by atoms with Crippen LogP contribution in [-0.2, 0) is 9.59 Å². The van der Waals surface area contributed by atoms with Gasteiger partial charge >= 0.3 is 5.97 Å². The van der Waals surface area contributed by atoms with Gasteiger partial charge in [0.2, 0.25) is 0 Å². The normalized spacial score (nSPS) is 17.4. The first-order valence-corrected chi connectivity index (χ1v) is 7.17. The number of carboxylic acid groups (broad SMARTS) is 1. The zero-order chi connectivity index (χ0) is 15.9. The van der Waals surface area contributed by atoms with Gasteiger partial charge in [-0.2, -0.15) is 0 Å². The number of rotatable bonds is 9. The molecule has 6 heteroatoms. The molecule has 5 N–H and O–H groups in total. The summed E-state index contributed by atoms with van der Waals surface area (Å²) in [7, 11) is 0. The zero-order valence-corrected chi connectivity index (χ0v) is 12.8. The van der Waals surface area contributed by atoms with Gasteiger partial charge in [-0.25, -0.2) is 4.79 Å². The molecule has 0 aliphatic carbocycles. The van der Waals surface area contributed by atoms with Crippen LogP contribution in [0.2, 0.25) is 0 Å². The third-order valence-electron chi connectivity index (χ3n) is 3.59. The van der Waals surface area contributed by atoms with Crippen molar-refractivity contribution in [3.05, 3.63) is 0 Å². The molecule has 0 saturated carbocycles. The quantitative estimate of drug-likeness (QED) is 0.499. The Morgan fingerprint density at radius 2 is 1.75 bits per heavy atom. The molecule has 0 bridgehead atoms. The first-order chi connectivity index (χ1) is 9.20. The lowest BCUT2D eigenvalue weighted by Crippen LogP contribution is -2.52. The van der Waals surface area contributed by atoms with E-state index in [1.165, 1.54) is 0 Å². The van der Waals surface area contributed by atoms with E-state index in [9.17, 15) is 14.7 Å². The van der Waals surface area contributed by atoms with Gasteiger partial charge in [-0.1, -0.05) is 34.1 Å². The Kier molecular flexibility index (Phi) is 8.41. The Hall–Kier alpha value is -1.14. The molecule has 0 aliphatic heterocycles. The number of amides is 1. The van der Waals surface area contributed by atoms with E-state index in [0.29, 0.717) is 12.3 Å². The molecule has 1 unspecified atom stereocenters. The Morgan fingerprint density at radius 3 is 2.15 bits per heavy atom. The summed E-state index contributed by atoms with van der Waals surface area (Å²) in [5.41, 5.74) is 5.79. The molecule has 0 aromatic heterocycles. The summed E-state index contributed by atoms with van der Waals surface area (Å²) >= 11 is 0. The SMILES string of the molecule is CCC(C)CC[C@@H](N)[C@H](O)C(=O)N[C@H](C(=O)O)C(C)C.